The van der Waals surface area contributed by atoms with Gasteiger partial charge >= 0.3 is 0 Å². The Balaban J connectivity index is 2.04. The summed E-state index contributed by atoms with van der Waals surface area (Å²) in [6.07, 6.45) is 1.34. The van der Waals surface area contributed by atoms with Crippen LogP contribution in [0.4, 0.5) is 11.4 Å². The lowest BCUT2D eigenvalue weighted by Gasteiger charge is -2.14. The first-order chi connectivity index (χ1) is 12.8. The molecule has 27 heavy (non-hydrogen) atoms. The first-order valence-electron chi connectivity index (χ1n) is 7.40. The summed E-state index contributed by atoms with van der Waals surface area (Å²) in [5.74, 6) is -0.797. The highest BCUT2D eigenvalue weighted by Gasteiger charge is 2.34. The summed E-state index contributed by atoms with van der Waals surface area (Å²) >= 11 is 12.3. The Hall–Kier alpha value is -2.62. The van der Waals surface area contributed by atoms with Crippen molar-refractivity contribution in [3.63, 3.8) is 0 Å². The number of thiocarbonyl (C=S) groups is 1. The highest BCUT2D eigenvalue weighted by molar-refractivity contribution is 8.27. The standard InChI is InChI=1S/C17H11ClN2O5S2/c1-25-13-8-12(20(23)24)5-9(15(13)21)6-14-16(22)19(17(26)27-14)11-4-2-3-10(18)7-11/h2-8,21H,1H3/b14-6+. The molecule has 3 rings (SSSR count). The number of nitro benzene ring substituents is 1. The van der Waals surface area contributed by atoms with Gasteiger partial charge in [0.25, 0.3) is 11.6 Å². The second-order valence-corrected chi connectivity index (χ2v) is 7.45. The summed E-state index contributed by atoms with van der Waals surface area (Å²) in [5, 5.41) is 21.8. The van der Waals surface area contributed by atoms with Gasteiger partial charge in [-0.3, -0.25) is 19.8 Å². The molecule has 0 aliphatic carbocycles. The number of thioether (sulfide) groups is 1. The minimum absolute atomic E-state index is 0.0687. The van der Waals surface area contributed by atoms with E-state index in [4.69, 9.17) is 28.6 Å². The molecular weight excluding hydrogens is 412 g/mol. The van der Waals surface area contributed by atoms with E-state index < -0.39 is 10.8 Å². The van der Waals surface area contributed by atoms with E-state index in [0.29, 0.717) is 10.7 Å². The molecule has 7 nitrogen and oxygen atoms in total. The van der Waals surface area contributed by atoms with Gasteiger partial charge in [0, 0.05) is 16.7 Å². The van der Waals surface area contributed by atoms with Crippen LogP contribution in [0.1, 0.15) is 5.56 Å². The molecule has 0 saturated carbocycles. The molecule has 0 radical (unpaired) electrons. The molecule has 2 aromatic rings. The molecule has 2 aromatic carbocycles. The van der Waals surface area contributed by atoms with Crippen molar-refractivity contribution >= 4 is 63.3 Å². The molecule has 0 unspecified atom stereocenters. The average Bonchev–Trinajstić information content (AvgIpc) is 2.90. The summed E-state index contributed by atoms with van der Waals surface area (Å²) in [6.45, 7) is 0. The number of carbonyl (C=O) groups excluding carboxylic acids is 1. The van der Waals surface area contributed by atoms with Gasteiger partial charge in [-0.1, -0.05) is 41.6 Å². The fourth-order valence-electron chi connectivity index (χ4n) is 2.43. The van der Waals surface area contributed by atoms with Gasteiger partial charge in [0.05, 0.1) is 28.7 Å². The van der Waals surface area contributed by atoms with E-state index in [9.17, 15) is 20.0 Å². The Labute approximate surface area is 168 Å². The molecular formula is C17H11ClN2O5S2. The van der Waals surface area contributed by atoms with Crippen molar-refractivity contribution in [1.29, 1.82) is 0 Å². The topological polar surface area (TPSA) is 92.9 Å². The Morgan fingerprint density at radius 2 is 2.11 bits per heavy atom. The molecule has 1 aliphatic rings. The maximum absolute atomic E-state index is 12.8. The average molecular weight is 423 g/mol. The Bertz CT molecular complexity index is 1010. The Morgan fingerprint density at radius 3 is 2.74 bits per heavy atom. The molecule has 1 amide bonds. The first-order valence-corrected chi connectivity index (χ1v) is 9.01. The molecule has 1 saturated heterocycles. The zero-order valence-corrected chi connectivity index (χ0v) is 16.1. The zero-order chi connectivity index (χ0) is 19.7. The number of hydrogen-bond acceptors (Lipinski definition) is 7. The number of benzene rings is 2. The number of non-ortho nitro benzene ring substituents is 1. The fraction of sp³-hybridized carbons (Fsp3) is 0.0588. The number of aromatic hydroxyl groups is 1. The number of hydrogen-bond donors (Lipinski definition) is 1. The second-order valence-electron chi connectivity index (χ2n) is 5.34. The van der Waals surface area contributed by atoms with Crippen molar-refractivity contribution in [3.05, 3.63) is 62.0 Å². The van der Waals surface area contributed by atoms with Gasteiger partial charge in [-0.25, -0.2) is 0 Å². The van der Waals surface area contributed by atoms with Crippen molar-refractivity contribution in [2.45, 2.75) is 0 Å². The number of methoxy groups -OCH3 is 1. The fourth-order valence-corrected chi connectivity index (χ4v) is 3.91. The number of rotatable bonds is 4. The SMILES string of the molecule is COc1cc([N+](=O)[O-])cc(/C=C2/SC(=S)N(c3cccc(Cl)c3)C2=O)c1O. The van der Waals surface area contributed by atoms with E-state index in [-0.39, 0.29) is 32.0 Å². The van der Waals surface area contributed by atoms with Gasteiger partial charge in [-0.05, 0) is 24.3 Å². The van der Waals surface area contributed by atoms with Gasteiger partial charge in [-0.2, -0.15) is 0 Å². The molecule has 0 aromatic heterocycles. The molecule has 0 atom stereocenters. The lowest BCUT2D eigenvalue weighted by Crippen LogP contribution is -2.27. The smallest absolute Gasteiger partial charge is 0.274 e. The quantitative estimate of drug-likeness (QED) is 0.338. The Morgan fingerprint density at radius 1 is 1.37 bits per heavy atom. The second kappa shape index (κ2) is 7.55. The molecule has 138 valence electrons. The third-order valence-electron chi connectivity index (χ3n) is 3.67. The van der Waals surface area contributed by atoms with Crippen molar-refractivity contribution in [3.8, 4) is 11.5 Å². The molecule has 1 fully saturated rings. The van der Waals surface area contributed by atoms with E-state index >= 15 is 0 Å². The lowest BCUT2D eigenvalue weighted by molar-refractivity contribution is -0.385. The summed E-state index contributed by atoms with van der Waals surface area (Å²) in [4.78, 5) is 24.8. The summed E-state index contributed by atoms with van der Waals surface area (Å²) in [5.41, 5.74) is 0.308. The van der Waals surface area contributed by atoms with Crippen LogP contribution in [-0.2, 0) is 4.79 Å². The van der Waals surface area contributed by atoms with E-state index in [2.05, 4.69) is 0 Å². The molecule has 1 aliphatic heterocycles. The molecule has 0 spiro atoms. The molecule has 1 heterocycles. The number of ether oxygens (including phenoxy) is 1. The van der Waals surface area contributed by atoms with Gasteiger partial charge in [0.2, 0.25) is 0 Å². The first kappa shape index (κ1) is 19.2. The molecule has 10 heteroatoms. The maximum Gasteiger partial charge on any atom is 0.274 e. The number of nitro groups is 1. The third-order valence-corrected chi connectivity index (χ3v) is 5.20. The van der Waals surface area contributed by atoms with Gasteiger partial charge in [0.1, 0.15) is 0 Å². The third kappa shape index (κ3) is 3.75. The van der Waals surface area contributed by atoms with Crippen LogP contribution in [0.25, 0.3) is 6.08 Å². The monoisotopic (exact) mass is 422 g/mol. The number of amides is 1. The van der Waals surface area contributed by atoms with E-state index in [1.54, 1.807) is 24.3 Å². The maximum atomic E-state index is 12.8. The largest absolute Gasteiger partial charge is 0.504 e. The number of phenols is 1. The number of phenolic OH excluding ortho intramolecular Hbond substituents is 1. The predicted octanol–water partition coefficient (Wildman–Crippen LogP) is 4.37. The van der Waals surface area contributed by atoms with Crippen LogP contribution in [0, 0.1) is 10.1 Å². The highest BCUT2D eigenvalue weighted by Crippen LogP contribution is 2.40. The van der Waals surface area contributed by atoms with E-state index in [1.165, 1.54) is 18.1 Å². The molecule has 0 bridgehead atoms. The minimum Gasteiger partial charge on any atom is -0.504 e. The van der Waals surface area contributed by atoms with Crippen LogP contribution in [0.2, 0.25) is 5.02 Å². The van der Waals surface area contributed by atoms with Crippen molar-refractivity contribution < 1.29 is 19.6 Å². The van der Waals surface area contributed by atoms with Gasteiger partial charge in [-0.15, -0.1) is 0 Å². The number of anilines is 1. The van der Waals surface area contributed by atoms with Crippen molar-refractivity contribution in [1.82, 2.24) is 0 Å². The van der Waals surface area contributed by atoms with Crippen molar-refractivity contribution in [2.24, 2.45) is 0 Å². The number of halogens is 1. The van der Waals surface area contributed by atoms with E-state index in [1.807, 2.05) is 0 Å². The Kier molecular flexibility index (Phi) is 5.36. The van der Waals surface area contributed by atoms with Gasteiger partial charge in [0.15, 0.2) is 15.8 Å². The number of nitrogens with zero attached hydrogens (tertiary/aromatic N) is 2. The van der Waals surface area contributed by atoms with Crippen molar-refractivity contribution in [2.75, 3.05) is 12.0 Å². The predicted molar refractivity (Wildman–Crippen MR) is 108 cm³/mol. The summed E-state index contributed by atoms with van der Waals surface area (Å²) < 4.78 is 5.25. The lowest BCUT2D eigenvalue weighted by atomic mass is 10.1. The highest BCUT2D eigenvalue weighted by atomic mass is 35.5. The number of carbonyl (C=O) groups is 1. The minimum atomic E-state index is -0.615. The van der Waals surface area contributed by atoms with Gasteiger partial charge < -0.3 is 9.84 Å². The zero-order valence-electron chi connectivity index (χ0n) is 13.7. The van der Waals surface area contributed by atoms with Crippen LogP contribution >= 0.6 is 35.6 Å². The summed E-state index contributed by atoms with van der Waals surface area (Å²) in [6, 6.07) is 8.91. The van der Waals surface area contributed by atoms with E-state index in [0.717, 1.165) is 23.9 Å². The van der Waals surface area contributed by atoms with Crippen LogP contribution in [0.15, 0.2) is 41.3 Å². The molecule has 1 N–H and O–H groups in total. The normalized spacial score (nSPS) is 15.5. The van der Waals surface area contributed by atoms with Crippen LogP contribution < -0.4 is 9.64 Å². The van der Waals surface area contributed by atoms with Crippen LogP contribution in [0.3, 0.4) is 0 Å². The summed E-state index contributed by atoms with van der Waals surface area (Å²) in [7, 11) is 1.28. The van der Waals surface area contributed by atoms with Crippen LogP contribution in [0.5, 0.6) is 11.5 Å². The van der Waals surface area contributed by atoms with Crippen LogP contribution in [-0.4, -0.2) is 27.4 Å².